The number of pyridine rings is 1. The van der Waals surface area contributed by atoms with Gasteiger partial charge in [-0.1, -0.05) is 18.2 Å². The lowest BCUT2D eigenvalue weighted by atomic mass is 10.1. The Morgan fingerprint density at radius 2 is 1.85 bits per heavy atom. The maximum atomic E-state index is 12.9. The number of aromatic nitrogens is 1. The van der Waals surface area contributed by atoms with Crippen LogP contribution in [0.15, 0.2) is 47.4 Å². The summed E-state index contributed by atoms with van der Waals surface area (Å²) in [4.78, 5) is 25.8. The van der Waals surface area contributed by atoms with Gasteiger partial charge < -0.3 is 14.6 Å². The number of para-hydroxylation sites is 1. The van der Waals surface area contributed by atoms with Crippen molar-refractivity contribution in [1.82, 2.24) is 4.57 Å². The van der Waals surface area contributed by atoms with E-state index in [1.54, 1.807) is 19.4 Å². The highest BCUT2D eigenvalue weighted by atomic mass is 16.5. The number of rotatable bonds is 4. The molecule has 0 saturated heterocycles. The molecule has 0 atom stereocenters. The summed E-state index contributed by atoms with van der Waals surface area (Å²) in [5.74, 6) is 0.184. The number of carbonyl (C=O) groups excluding carboxylic acids is 1. The second-order valence-corrected chi connectivity index (χ2v) is 6.26. The largest absolute Gasteiger partial charge is 0.497 e. The third-order valence-corrected chi connectivity index (χ3v) is 4.59. The molecule has 26 heavy (non-hydrogen) atoms. The van der Waals surface area contributed by atoms with Gasteiger partial charge in [-0.3, -0.25) is 9.59 Å². The zero-order valence-corrected chi connectivity index (χ0v) is 15.4. The van der Waals surface area contributed by atoms with E-state index in [4.69, 9.17) is 4.74 Å². The van der Waals surface area contributed by atoms with E-state index in [1.165, 1.54) is 0 Å². The van der Waals surface area contributed by atoms with E-state index in [9.17, 15) is 9.59 Å². The minimum Gasteiger partial charge on any atom is -0.497 e. The summed E-state index contributed by atoms with van der Waals surface area (Å²) in [5.41, 5.74) is 3.25. The van der Waals surface area contributed by atoms with Crippen molar-refractivity contribution in [3.8, 4) is 5.75 Å². The molecular weight excluding hydrogens is 328 g/mol. The molecule has 0 spiro atoms. The van der Waals surface area contributed by atoms with Crippen molar-refractivity contribution in [2.45, 2.75) is 27.3 Å². The molecule has 1 aromatic heterocycles. The highest BCUT2D eigenvalue weighted by Gasteiger charge is 2.17. The number of methoxy groups -OCH3 is 1. The molecule has 0 aliphatic carbocycles. The monoisotopic (exact) mass is 350 g/mol. The van der Waals surface area contributed by atoms with E-state index in [2.05, 4.69) is 5.32 Å². The lowest BCUT2D eigenvalue weighted by molar-refractivity contribution is 0.102. The van der Waals surface area contributed by atoms with Crippen molar-refractivity contribution in [1.29, 1.82) is 0 Å². The average Bonchev–Trinajstić information content (AvgIpc) is 2.64. The molecule has 3 rings (SSSR count). The van der Waals surface area contributed by atoms with Gasteiger partial charge in [-0.2, -0.15) is 0 Å². The third kappa shape index (κ3) is 3.08. The fourth-order valence-electron chi connectivity index (χ4n) is 3.12. The highest BCUT2D eigenvalue weighted by molar-refractivity contribution is 6.06. The fraction of sp³-hybridized carbons (Fsp3) is 0.238. The van der Waals surface area contributed by atoms with Crippen LogP contribution in [0.5, 0.6) is 5.75 Å². The fourth-order valence-corrected chi connectivity index (χ4v) is 3.12. The third-order valence-electron chi connectivity index (χ3n) is 4.59. The van der Waals surface area contributed by atoms with Gasteiger partial charge >= 0.3 is 0 Å². The molecule has 0 fully saturated rings. The molecule has 3 aromatic rings. The van der Waals surface area contributed by atoms with Crippen molar-refractivity contribution < 1.29 is 9.53 Å². The molecule has 1 amide bonds. The van der Waals surface area contributed by atoms with Crippen molar-refractivity contribution in [3.63, 3.8) is 0 Å². The van der Waals surface area contributed by atoms with E-state index >= 15 is 0 Å². The van der Waals surface area contributed by atoms with Gasteiger partial charge in [0.25, 0.3) is 5.91 Å². The second kappa shape index (κ2) is 7.04. The number of fused-ring (bicyclic) bond motifs is 1. The summed E-state index contributed by atoms with van der Waals surface area (Å²) in [6, 6.07) is 11.1. The van der Waals surface area contributed by atoms with Crippen molar-refractivity contribution in [2.24, 2.45) is 0 Å². The molecule has 0 aliphatic heterocycles. The first-order chi connectivity index (χ1) is 12.5. The molecule has 1 heterocycles. The minimum absolute atomic E-state index is 0.121. The van der Waals surface area contributed by atoms with Gasteiger partial charge in [0, 0.05) is 18.4 Å². The number of amides is 1. The van der Waals surface area contributed by atoms with E-state index < -0.39 is 5.91 Å². The Labute approximate surface area is 152 Å². The summed E-state index contributed by atoms with van der Waals surface area (Å²) < 4.78 is 7.13. The molecule has 0 aliphatic rings. The Balaban J connectivity index is 2.13. The van der Waals surface area contributed by atoms with E-state index in [0.29, 0.717) is 17.7 Å². The molecule has 2 aromatic carbocycles. The average molecular weight is 350 g/mol. The van der Waals surface area contributed by atoms with Gasteiger partial charge in [0.15, 0.2) is 0 Å². The number of carbonyl (C=O) groups is 1. The van der Waals surface area contributed by atoms with Crippen LogP contribution in [0.4, 0.5) is 5.69 Å². The van der Waals surface area contributed by atoms with Crippen LogP contribution >= 0.6 is 0 Å². The Morgan fingerprint density at radius 3 is 2.46 bits per heavy atom. The van der Waals surface area contributed by atoms with Crippen LogP contribution in [0.25, 0.3) is 10.9 Å². The second-order valence-electron chi connectivity index (χ2n) is 6.26. The summed E-state index contributed by atoms with van der Waals surface area (Å²) in [6.45, 7) is 6.48. The number of anilines is 1. The van der Waals surface area contributed by atoms with Crippen LogP contribution in [-0.4, -0.2) is 17.6 Å². The van der Waals surface area contributed by atoms with Gasteiger partial charge in [0.2, 0.25) is 5.43 Å². The predicted molar refractivity (Wildman–Crippen MR) is 104 cm³/mol. The SMILES string of the molecule is CCn1cc(C(=O)Nc2c(C)cccc2C)c(=O)c2cc(OC)ccc21. The zero-order valence-electron chi connectivity index (χ0n) is 15.4. The maximum absolute atomic E-state index is 12.9. The number of ether oxygens (including phenoxy) is 1. The summed E-state index contributed by atoms with van der Waals surface area (Å²) in [6.07, 6.45) is 1.63. The smallest absolute Gasteiger partial charge is 0.261 e. The van der Waals surface area contributed by atoms with Crippen molar-refractivity contribution >= 4 is 22.5 Å². The number of nitrogens with zero attached hydrogens (tertiary/aromatic N) is 1. The molecule has 0 unspecified atom stereocenters. The molecule has 0 saturated carbocycles. The number of aryl methyl sites for hydroxylation is 3. The normalized spacial score (nSPS) is 10.8. The standard InChI is InChI=1S/C21H22N2O3/c1-5-23-12-17(20(24)16-11-15(26-4)9-10-18(16)23)21(25)22-19-13(2)7-6-8-14(19)3/h6-12H,5H2,1-4H3,(H,22,25). The first-order valence-electron chi connectivity index (χ1n) is 8.55. The van der Waals surface area contributed by atoms with Gasteiger partial charge in [-0.15, -0.1) is 0 Å². The van der Waals surface area contributed by atoms with Crippen LogP contribution in [0.1, 0.15) is 28.4 Å². The van der Waals surface area contributed by atoms with Crippen LogP contribution < -0.4 is 15.5 Å². The van der Waals surface area contributed by atoms with Gasteiger partial charge in [0.05, 0.1) is 18.0 Å². The van der Waals surface area contributed by atoms with Crippen molar-refractivity contribution in [3.05, 3.63) is 69.5 Å². The van der Waals surface area contributed by atoms with E-state index in [-0.39, 0.29) is 11.0 Å². The summed E-state index contributed by atoms with van der Waals surface area (Å²) in [5, 5.41) is 3.37. The first kappa shape index (κ1) is 17.7. The Bertz CT molecular complexity index is 1030. The van der Waals surface area contributed by atoms with Crippen LogP contribution in [0, 0.1) is 13.8 Å². The van der Waals surface area contributed by atoms with Gasteiger partial charge in [-0.25, -0.2) is 0 Å². The highest BCUT2D eigenvalue weighted by Crippen LogP contribution is 2.22. The first-order valence-corrected chi connectivity index (χ1v) is 8.55. The van der Waals surface area contributed by atoms with Gasteiger partial charge in [0.1, 0.15) is 11.3 Å². The lowest BCUT2D eigenvalue weighted by Gasteiger charge is -2.14. The Morgan fingerprint density at radius 1 is 1.15 bits per heavy atom. The topological polar surface area (TPSA) is 60.3 Å². The Hall–Kier alpha value is -3.08. The van der Waals surface area contributed by atoms with E-state index in [0.717, 1.165) is 22.3 Å². The molecule has 0 bridgehead atoms. The molecule has 1 N–H and O–H groups in total. The molecule has 5 nitrogen and oxygen atoms in total. The number of hydrogen-bond acceptors (Lipinski definition) is 3. The maximum Gasteiger partial charge on any atom is 0.261 e. The molecule has 5 heteroatoms. The van der Waals surface area contributed by atoms with Crippen LogP contribution in [-0.2, 0) is 6.54 Å². The molecular formula is C21H22N2O3. The molecule has 134 valence electrons. The van der Waals surface area contributed by atoms with E-state index in [1.807, 2.05) is 55.7 Å². The van der Waals surface area contributed by atoms with Crippen molar-refractivity contribution in [2.75, 3.05) is 12.4 Å². The Kier molecular flexibility index (Phi) is 4.80. The van der Waals surface area contributed by atoms with Crippen LogP contribution in [0.2, 0.25) is 0 Å². The van der Waals surface area contributed by atoms with Gasteiger partial charge in [-0.05, 0) is 50.1 Å². The number of benzene rings is 2. The predicted octanol–water partition coefficient (Wildman–Crippen LogP) is 3.90. The lowest BCUT2D eigenvalue weighted by Crippen LogP contribution is -2.24. The van der Waals surface area contributed by atoms with Crippen LogP contribution in [0.3, 0.4) is 0 Å². The summed E-state index contributed by atoms with van der Waals surface area (Å²) >= 11 is 0. The number of nitrogens with one attached hydrogen (secondary N) is 1. The minimum atomic E-state index is -0.403. The number of hydrogen-bond donors (Lipinski definition) is 1. The zero-order chi connectivity index (χ0) is 18.8. The quantitative estimate of drug-likeness (QED) is 0.776. The summed E-state index contributed by atoms with van der Waals surface area (Å²) in [7, 11) is 1.55. The molecule has 0 radical (unpaired) electrons.